The van der Waals surface area contributed by atoms with Crippen molar-refractivity contribution < 1.29 is 9.47 Å². The Morgan fingerprint density at radius 2 is 1.84 bits per heavy atom. The topological polar surface area (TPSA) is 44.5 Å². The molecule has 19 heavy (non-hydrogen) atoms. The van der Waals surface area contributed by atoms with Gasteiger partial charge in [-0.05, 0) is 31.2 Å². The lowest BCUT2D eigenvalue weighted by molar-refractivity contribution is 0.338. The molecule has 0 aromatic heterocycles. The van der Waals surface area contributed by atoms with Crippen LogP contribution in [-0.2, 0) is 6.54 Å². The first-order chi connectivity index (χ1) is 9.24. The van der Waals surface area contributed by atoms with Gasteiger partial charge >= 0.3 is 0 Å². The van der Waals surface area contributed by atoms with E-state index in [2.05, 4.69) is 0 Å². The van der Waals surface area contributed by atoms with Crippen molar-refractivity contribution in [3.05, 3.63) is 53.1 Å². The number of ether oxygens (including phenoxy) is 2. The second kappa shape index (κ2) is 6.45. The van der Waals surface area contributed by atoms with Crippen molar-refractivity contribution in [2.75, 3.05) is 6.61 Å². The molecular weight excluding hydrogens is 262 g/mol. The lowest BCUT2D eigenvalue weighted by Gasteiger charge is -2.12. The van der Waals surface area contributed by atoms with Gasteiger partial charge in [0.1, 0.15) is 17.2 Å². The number of halogens is 1. The molecule has 0 aliphatic rings. The number of hydrogen-bond acceptors (Lipinski definition) is 3. The quantitative estimate of drug-likeness (QED) is 0.899. The van der Waals surface area contributed by atoms with Crippen molar-refractivity contribution in [3.8, 4) is 17.2 Å². The van der Waals surface area contributed by atoms with E-state index in [0.29, 0.717) is 29.7 Å². The van der Waals surface area contributed by atoms with E-state index in [4.69, 9.17) is 26.8 Å². The van der Waals surface area contributed by atoms with Gasteiger partial charge in [0.15, 0.2) is 0 Å². The van der Waals surface area contributed by atoms with Crippen LogP contribution < -0.4 is 15.2 Å². The third kappa shape index (κ3) is 3.40. The van der Waals surface area contributed by atoms with Gasteiger partial charge in [-0.25, -0.2) is 0 Å². The van der Waals surface area contributed by atoms with E-state index in [1.54, 1.807) is 6.07 Å². The molecule has 0 saturated heterocycles. The summed E-state index contributed by atoms with van der Waals surface area (Å²) in [6, 6.07) is 13.0. The minimum absolute atomic E-state index is 0.333. The Balaban J connectivity index is 2.26. The summed E-state index contributed by atoms with van der Waals surface area (Å²) in [5.41, 5.74) is 6.49. The highest BCUT2D eigenvalue weighted by atomic mass is 35.5. The zero-order chi connectivity index (χ0) is 13.7. The van der Waals surface area contributed by atoms with Crippen molar-refractivity contribution in [2.24, 2.45) is 5.73 Å². The average Bonchev–Trinajstić information content (AvgIpc) is 2.40. The van der Waals surface area contributed by atoms with Gasteiger partial charge in [0.25, 0.3) is 0 Å². The molecule has 3 nitrogen and oxygen atoms in total. The highest BCUT2D eigenvalue weighted by Crippen LogP contribution is 2.31. The number of rotatable bonds is 5. The standard InChI is InChI=1S/C15H16ClNO2/c1-2-18-11-5-3-6-12(9-11)19-15-8-4-7-14(16)13(15)10-17/h3-9H,2,10,17H2,1H3. The molecule has 0 amide bonds. The van der Waals surface area contributed by atoms with Gasteiger partial charge in [0, 0.05) is 23.2 Å². The first-order valence-electron chi connectivity index (χ1n) is 6.12. The molecule has 0 fully saturated rings. The Kier molecular flexibility index (Phi) is 4.66. The first-order valence-corrected chi connectivity index (χ1v) is 6.50. The fourth-order valence-corrected chi connectivity index (χ4v) is 2.00. The summed E-state index contributed by atoms with van der Waals surface area (Å²) in [5.74, 6) is 2.14. The van der Waals surface area contributed by atoms with Crippen LogP contribution in [0.2, 0.25) is 5.02 Å². The molecule has 0 heterocycles. The van der Waals surface area contributed by atoms with E-state index >= 15 is 0 Å². The van der Waals surface area contributed by atoms with E-state index in [-0.39, 0.29) is 0 Å². The van der Waals surface area contributed by atoms with Crippen LogP contribution in [0.4, 0.5) is 0 Å². The second-order valence-electron chi connectivity index (χ2n) is 3.93. The van der Waals surface area contributed by atoms with Crippen LogP contribution in [0.3, 0.4) is 0 Å². The molecule has 0 radical (unpaired) electrons. The van der Waals surface area contributed by atoms with E-state index in [9.17, 15) is 0 Å². The number of hydrogen-bond donors (Lipinski definition) is 1. The van der Waals surface area contributed by atoms with E-state index < -0.39 is 0 Å². The van der Waals surface area contributed by atoms with Crippen LogP contribution in [0, 0.1) is 0 Å². The summed E-state index contributed by atoms with van der Waals surface area (Å²) in [4.78, 5) is 0. The number of nitrogens with two attached hydrogens (primary N) is 1. The highest BCUT2D eigenvalue weighted by Gasteiger charge is 2.08. The Labute approximate surface area is 117 Å². The van der Waals surface area contributed by atoms with Crippen molar-refractivity contribution in [3.63, 3.8) is 0 Å². The molecule has 0 atom stereocenters. The third-order valence-corrected chi connectivity index (χ3v) is 2.98. The molecule has 0 aliphatic carbocycles. The zero-order valence-corrected chi connectivity index (χ0v) is 11.5. The Morgan fingerprint density at radius 3 is 2.58 bits per heavy atom. The lowest BCUT2D eigenvalue weighted by Crippen LogP contribution is -2.00. The van der Waals surface area contributed by atoms with Crippen LogP contribution >= 0.6 is 11.6 Å². The van der Waals surface area contributed by atoms with Gasteiger partial charge in [0.05, 0.1) is 6.61 Å². The number of benzene rings is 2. The minimum Gasteiger partial charge on any atom is -0.494 e. The molecule has 0 spiro atoms. The molecule has 0 saturated carbocycles. The Hall–Kier alpha value is -1.71. The van der Waals surface area contributed by atoms with Gasteiger partial charge in [-0.2, -0.15) is 0 Å². The normalized spacial score (nSPS) is 10.3. The second-order valence-corrected chi connectivity index (χ2v) is 4.34. The predicted molar refractivity (Wildman–Crippen MR) is 77.0 cm³/mol. The molecule has 100 valence electrons. The fourth-order valence-electron chi connectivity index (χ4n) is 1.75. The molecular formula is C15H16ClNO2. The van der Waals surface area contributed by atoms with E-state index in [0.717, 1.165) is 11.3 Å². The van der Waals surface area contributed by atoms with Gasteiger partial charge in [-0.15, -0.1) is 0 Å². The Morgan fingerprint density at radius 1 is 1.11 bits per heavy atom. The van der Waals surface area contributed by atoms with Crippen molar-refractivity contribution in [2.45, 2.75) is 13.5 Å². The average molecular weight is 278 g/mol. The monoisotopic (exact) mass is 277 g/mol. The Bertz CT molecular complexity index is 558. The van der Waals surface area contributed by atoms with Crippen LogP contribution in [0.15, 0.2) is 42.5 Å². The maximum atomic E-state index is 6.09. The molecule has 0 aliphatic heterocycles. The van der Waals surface area contributed by atoms with Crippen LogP contribution in [0.25, 0.3) is 0 Å². The zero-order valence-electron chi connectivity index (χ0n) is 10.7. The van der Waals surface area contributed by atoms with Gasteiger partial charge in [-0.1, -0.05) is 23.7 Å². The van der Waals surface area contributed by atoms with Gasteiger partial charge in [-0.3, -0.25) is 0 Å². The van der Waals surface area contributed by atoms with Gasteiger partial charge in [0.2, 0.25) is 0 Å². The molecule has 0 unspecified atom stereocenters. The van der Waals surface area contributed by atoms with Gasteiger partial charge < -0.3 is 15.2 Å². The summed E-state index contributed by atoms with van der Waals surface area (Å²) in [7, 11) is 0. The minimum atomic E-state index is 0.333. The molecule has 0 bridgehead atoms. The summed E-state index contributed by atoms with van der Waals surface area (Å²) >= 11 is 6.09. The van der Waals surface area contributed by atoms with Crippen LogP contribution in [0.5, 0.6) is 17.2 Å². The highest BCUT2D eigenvalue weighted by molar-refractivity contribution is 6.31. The maximum absolute atomic E-state index is 6.09. The molecule has 4 heteroatoms. The first kappa shape index (κ1) is 13.7. The lowest BCUT2D eigenvalue weighted by atomic mass is 10.2. The largest absolute Gasteiger partial charge is 0.494 e. The predicted octanol–water partition coefficient (Wildman–Crippen LogP) is 3.99. The van der Waals surface area contributed by atoms with Crippen LogP contribution in [-0.4, -0.2) is 6.61 Å². The summed E-state index contributed by atoms with van der Waals surface area (Å²) in [5, 5.41) is 0.612. The van der Waals surface area contributed by atoms with E-state index in [1.165, 1.54) is 0 Å². The van der Waals surface area contributed by atoms with Crippen LogP contribution in [0.1, 0.15) is 12.5 Å². The molecule has 2 aromatic carbocycles. The summed E-state index contributed by atoms with van der Waals surface area (Å²) in [6.07, 6.45) is 0. The summed E-state index contributed by atoms with van der Waals surface area (Å²) < 4.78 is 11.3. The molecule has 2 N–H and O–H groups in total. The SMILES string of the molecule is CCOc1cccc(Oc2cccc(Cl)c2CN)c1. The molecule has 2 rings (SSSR count). The van der Waals surface area contributed by atoms with Crippen molar-refractivity contribution in [1.29, 1.82) is 0 Å². The summed E-state index contributed by atoms with van der Waals surface area (Å²) in [6.45, 7) is 2.89. The third-order valence-electron chi connectivity index (χ3n) is 2.62. The van der Waals surface area contributed by atoms with Crippen molar-refractivity contribution >= 4 is 11.6 Å². The fraction of sp³-hybridized carbons (Fsp3) is 0.200. The van der Waals surface area contributed by atoms with Crippen molar-refractivity contribution in [1.82, 2.24) is 0 Å². The smallest absolute Gasteiger partial charge is 0.133 e. The molecule has 2 aromatic rings. The van der Waals surface area contributed by atoms with E-state index in [1.807, 2.05) is 43.3 Å². The maximum Gasteiger partial charge on any atom is 0.133 e.